The summed E-state index contributed by atoms with van der Waals surface area (Å²) in [4.78, 5) is 17.6. The van der Waals surface area contributed by atoms with Crippen LogP contribution in [0, 0.1) is 0 Å². The Labute approximate surface area is 97.7 Å². The second-order valence-electron chi connectivity index (χ2n) is 3.84. The maximum absolute atomic E-state index is 11.8. The monoisotopic (exact) mass is 234 g/mol. The van der Waals surface area contributed by atoms with Gasteiger partial charge in [-0.1, -0.05) is 6.07 Å². The van der Waals surface area contributed by atoms with E-state index in [1.54, 1.807) is 4.90 Å². The van der Waals surface area contributed by atoms with Crippen molar-refractivity contribution in [3.05, 3.63) is 24.6 Å². The Morgan fingerprint density at radius 2 is 2.38 bits per heavy atom. The molecule has 0 bridgehead atoms. The number of thiol groups is 1. The highest BCUT2D eigenvalue weighted by molar-refractivity contribution is 7.81. The van der Waals surface area contributed by atoms with Crippen LogP contribution in [-0.2, 0) is 4.79 Å². The summed E-state index contributed by atoms with van der Waals surface area (Å²) in [5, 5.41) is 0.106. The van der Waals surface area contributed by atoms with Crippen molar-refractivity contribution < 1.29 is 9.21 Å². The number of oxazole rings is 1. The van der Waals surface area contributed by atoms with Crippen molar-refractivity contribution in [1.29, 1.82) is 0 Å². The first-order chi connectivity index (χ1) is 7.75. The third-order valence-electron chi connectivity index (χ3n) is 2.73. The van der Waals surface area contributed by atoms with Gasteiger partial charge in [0.25, 0.3) is 0 Å². The zero-order valence-electron chi connectivity index (χ0n) is 8.46. The number of carbonyl (C=O) groups is 1. The molecule has 1 aromatic carbocycles. The normalized spacial score (nSPS) is 20.9. The second-order valence-corrected chi connectivity index (χ2v) is 4.57. The largest absolute Gasteiger partial charge is 0.443 e. The third kappa shape index (κ3) is 1.39. The molecular formula is C11H10N2O2S. The Balaban J connectivity index is 2.12. The lowest BCUT2D eigenvalue weighted by molar-refractivity contribution is -0.117. The van der Waals surface area contributed by atoms with Crippen LogP contribution in [0.1, 0.15) is 6.42 Å². The first kappa shape index (κ1) is 9.72. The standard InChI is InChI=1S/C11H10N2O2S/c14-10-4-7(16)5-13(10)8-2-1-3-9-11(8)12-6-15-9/h1-3,6-7,16H,4-5H2. The van der Waals surface area contributed by atoms with Gasteiger partial charge in [0.15, 0.2) is 12.0 Å². The highest BCUT2D eigenvalue weighted by Crippen LogP contribution is 2.29. The number of rotatable bonds is 1. The molecule has 1 saturated heterocycles. The van der Waals surface area contributed by atoms with E-state index in [1.165, 1.54) is 6.39 Å². The van der Waals surface area contributed by atoms with E-state index in [1.807, 2.05) is 18.2 Å². The molecule has 1 amide bonds. The second kappa shape index (κ2) is 3.52. The summed E-state index contributed by atoms with van der Waals surface area (Å²) >= 11 is 4.33. The maximum Gasteiger partial charge on any atom is 0.228 e. The Morgan fingerprint density at radius 3 is 3.12 bits per heavy atom. The fourth-order valence-corrected chi connectivity index (χ4v) is 2.33. The molecule has 2 aromatic rings. The highest BCUT2D eigenvalue weighted by atomic mass is 32.1. The predicted molar refractivity (Wildman–Crippen MR) is 63.8 cm³/mol. The molecule has 5 heteroatoms. The lowest BCUT2D eigenvalue weighted by Gasteiger charge is -2.15. The number of aromatic nitrogens is 1. The van der Waals surface area contributed by atoms with E-state index < -0.39 is 0 Å². The van der Waals surface area contributed by atoms with Crippen LogP contribution in [0.2, 0.25) is 0 Å². The maximum atomic E-state index is 11.8. The molecule has 0 spiro atoms. The molecule has 2 heterocycles. The van der Waals surface area contributed by atoms with Crippen molar-refractivity contribution in [3.63, 3.8) is 0 Å². The van der Waals surface area contributed by atoms with Gasteiger partial charge in [0.05, 0.1) is 5.69 Å². The topological polar surface area (TPSA) is 46.3 Å². The Kier molecular flexibility index (Phi) is 2.14. The average Bonchev–Trinajstić information content (AvgIpc) is 2.84. The molecular weight excluding hydrogens is 224 g/mol. The highest BCUT2D eigenvalue weighted by Gasteiger charge is 2.29. The van der Waals surface area contributed by atoms with Crippen LogP contribution in [-0.4, -0.2) is 22.7 Å². The molecule has 1 aliphatic heterocycles. The Morgan fingerprint density at radius 1 is 1.50 bits per heavy atom. The fraction of sp³-hybridized carbons (Fsp3) is 0.273. The summed E-state index contributed by atoms with van der Waals surface area (Å²) in [6.45, 7) is 0.633. The van der Waals surface area contributed by atoms with E-state index in [0.29, 0.717) is 18.5 Å². The van der Waals surface area contributed by atoms with Gasteiger partial charge in [-0.25, -0.2) is 4.98 Å². The van der Waals surface area contributed by atoms with E-state index >= 15 is 0 Å². The number of para-hydroxylation sites is 1. The SMILES string of the molecule is O=C1CC(S)CN1c1cccc2ocnc12. The lowest BCUT2D eigenvalue weighted by atomic mass is 10.2. The van der Waals surface area contributed by atoms with Gasteiger partial charge in [-0.15, -0.1) is 0 Å². The summed E-state index contributed by atoms with van der Waals surface area (Å²) in [7, 11) is 0. The van der Waals surface area contributed by atoms with Gasteiger partial charge >= 0.3 is 0 Å². The van der Waals surface area contributed by atoms with Gasteiger partial charge in [0, 0.05) is 18.2 Å². The minimum atomic E-state index is 0.0931. The molecule has 1 unspecified atom stereocenters. The van der Waals surface area contributed by atoms with Crippen molar-refractivity contribution in [3.8, 4) is 0 Å². The van der Waals surface area contributed by atoms with E-state index in [0.717, 1.165) is 11.2 Å². The number of carbonyl (C=O) groups excluding carboxylic acids is 1. The van der Waals surface area contributed by atoms with Crippen LogP contribution < -0.4 is 4.90 Å². The quantitative estimate of drug-likeness (QED) is 0.766. The van der Waals surface area contributed by atoms with Gasteiger partial charge in [0.2, 0.25) is 5.91 Å². The summed E-state index contributed by atoms with van der Waals surface area (Å²) < 4.78 is 5.21. The molecule has 0 N–H and O–H groups in total. The first-order valence-electron chi connectivity index (χ1n) is 5.06. The molecule has 16 heavy (non-hydrogen) atoms. The summed E-state index contributed by atoms with van der Waals surface area (Å²) in [5.41, 5.74) is 2.25. The molecule has 1 aromatic heterocycles. The molecule has 0 aliphatic carbocycles. The van der Waals surface area contributed by atoms with Crippen LogP contribution in [0.4, 0.5) is 5.69 Å². The van der Waals surface area contributed by atoms with Crippen LogP contribution in [0.15, 0.2) is 29.0 Å². The van der Waals surface area contributed by atoms with Crippen molar-refractivity contribution in [2.75, 3.05) is 11.4 Å². The average molecular weight is 234 g/mol. The molecule has 4 nitrogen and oxygen atoms in total. The Bertz CT molecular complexity index is 552. The van der Waals surface area contributed by atoms with E-state index in [2.05, 4.69) is 17.6 Å². The zero-order valence-corrected chi connectivity index (χ0v) is 9.35. The summed E-state index contributed by atoms with van der Waals surface area (Å²) in [5.74, 6) is 0.0931. The number of fused-ring (bicyclic) bond motifs is 1. The van der Waals surface area contributed by atoms with Crippen molar-refractivity contribution >= 4 is 35.3 Å². The number of amides is 1. The number of benzene rings is 1. The Hall–Kier alpha value is -1.49. The van der Waals surface area contributed by atoms with Gasteiger partial charge in [0.1, 0.15) is 5.52 Å². The molecule has 1 aliphatic rings. The predicted octanol–water partition coefficient (Wildman–Crippen LogP) is 1.86. The molecule has 82 valence electrons. The van der Waals surface area contributed by atoms with Crippen LogP contribution in [0.5, 0.6) is 0 Å². The van der Waals surface area contributed by atoms with Gasteiger partial charge in [-0.2, -0.15) is 12.6 Å². The minimum absolute atomic E-state index is 0.0931. The van der Waals surface area contributed by atoms with Gasteiger partial charge in [-0.3, -0.25) is 4.79 Å². The van der Waals surface area contributed by atoms with Gasteiger partial charge < -0.3 is 9.32 Å². The van der Waals surface area contributed by atoms with Crippen LogP contribution >= 0.6 is 12.6 Å². The van der Waals surface area contributed by atoms with E-state index in [9.17, 15) is 4.79 Å². The number of hydrogen-bond acceptors (Lipinski definition) is 4. The van der Waals surface area contributed by atoms with E-state index in [-0.39, 0.29) is 11.2 Å². The van der Waals surface area contributed by atoms with Crippen molar-refractivity contribution in [1.82, 2.24) is 4.98 Å². The smallest absolute Gasteiger partial charge is 0.228 e. The molecule has 3 rings (SSSR count). The molecule has 0 radical (unpaired) electrons. The zero-order chi connectivity index (χ0) is 11.1. The van der Waals surface area contributed by atoms with Crippen LogP contribution in [0.3, 0.4) is 0 Å². The third-order valence-corrected chi connectivity index (χ3v) is 3.08. The molecule has 1 atom stereocenters. The van der Waals surface area contributed by atoms with Crippen molar-refractivity contribution in [2.24, 2.45) is 0 Å². The molecule has 0 saturated carbocycles. The fourth-order valence-electron chi connectivity index (χ4n) is 2.01. The van der Waals surface area contributed by atoms with Gasteiger partial charge in [-0.05, 0) is 12.1 Å². The minimum Gasteiger partial charge on any atom is -0.443 e. The van der Waals surface area contributed by atoms with E-state index in [4.69, 9.17) is 4.42 Å². The van der Waals surface area contributed by atoms with Crippen LogP contribution in [0.25, 0.3) is 11.1 Å². The number of anilines is 1. The summed E-state index contributed by atoms with van der Waals surface area (Å²) in [6, 6.07) is 5.58. The lowest BCUT2D eigenvalue weighted by Crippen LogP contribution is -2.24. The van der Waals surface area contributed by atoms with Crippen molar-refractivity contribution in [2.45, 2.75) is 11.7 Å². The number of hydrogen-bond donors (Lipinski definition) is 1. The molecule has 1 fully saturated rings. The summed E-state index contributed by atoms with van der Waals surface area (Å²) in [6.07, 6.45) is 1.88. The first-order valence-corrected chi connectivity index (χ1v) is 5.58. The number of nitrogens with zero attached hydrogens (tertiary/aromatic N) is 2.